The van der Waals surface area contributed by atoms with Crippen LogP contribution in [-0.2, 0) is 0 Å². The Hall–Kier alpha value is 0.130. The van der Waals surface area contributed by atoms with E-state index < -0.39 is 12.5 Å². The van der Waals surface area contributed by atoms with Crippen molar-refractivity contribution in [3.8, 4) is 0 Å². The van der Waals surface area contributed by atoms with Gasteiger partial charge in [-0.2, -0.15) is 0 Å². The van der Waals surface area contributed by atoms with Gasteiger partial charge in [0.05, 0.1) is 6.04 Å². The van der Waals surface area contributed by atoms with Gasteiger partial charge in [-0.3, -0.25) is 10.2 Å². The Morgan fingerprint density at radius 2 is 1.55 bits per heavy atom. The average molecular weight is 427 g/mol. The second-order valence-electron chi connectivity index (χ2n) is 11.3. The predicted octanol–water partition coefficient (Wildman–Crippen LogP) is 4.33. The molecule has 4 rings (SSSR count). The Bertz CT molecular complexity index is 527. The highest BCUT2D eigenvalue weighted by atomic mass is 35.5. The summed E-state index contributed by atoms with van der Waals surface area (Å²) in [4.78, 5) is 2.31. The lowest BCUT2D eigenvalue weighted by Crippen LogP contribution is -2.59. The topological polar surface area (TPSA) is 55.7 Å². The van der Waals surface area contributed by atoms with E-state index in [1.165, 1.54) is 44.9 Å². The van der Waals surface area contributed by atoms with E-state index in [0.717, 1.165) is 50.6 Å². The van der Waals surface area contributed by atoms with Crippen molar-refractivity contribution >= 4 is 11.6 Å². The standard InChI is InChI=1S/C24H43ClN2O2/c1-24(2)15-27(14-13-20(24)16-9-11-19(25)12-10-16)23(29)21(17-7-8-17)26-22(28)18-5-3-4-6-18/h16-23,26,28-29H,3-15H2,1-2H3/t16?,19?,20?,21-,22?,23?/m1/s1. The molecule has 1 saturated heterocycles. The number of aliphatic hydroxyl groups is 2. The minimum atomic E-state index is -0.489. The molecule has 4 fully saturated rings. The van der Waals surface area contributed by atoms with Gasteiger partial charge < -0.3 is 10.2 Å². The maximum atomic E-state index is 11.3. The molecule has 1 heterocycles. The highest BCUT2D eigenvalue weighted by Gasteiger charge is 2.46. The average Bonchev–Trinajstić information content (AvgIpc) is 3.38. The first-order valence-electron chi connectivity index (χ1n) is 12.4. The fourth-order valence-corrected chi connectivity index (χ4v) is 7.00. The van der Waals surface area contributed by atoms with E-state index in [4.69, 9.17) is 11.6 Å². The number of halogens is 1. The summed E-state index contributed by atoms with van der Waals surface area (Å²) >= 11 is 6.35. The van der Waals surface area contributed by atoms with Gasteiger partial charge in [0.15, 0.2) is 0 Å². The normalized spacial score (nSPS) is 37.3. The van der Waals surface area contributed by atoms with Crippen LogP contribution < -0.4 is 5.32 Å². The fourth-order valence-electron chi connectivity index (χ4n) is 6.75. The first-order chi connectivity index (χ1) is 13.8. The van der Waals surface area contributed by atoms with Gasteiger partial charge in [-0.25, -0.2) is 0 Å². The molecule has 0 radical (unpaired) electrons. The van der Waals surface area contributed by atoms with Crippen LogP contribution in [0.4, 0.5) is 0 Å². The number of likely N-dealkylation sites (tertiary alicyclic amines) is 1. The number of hydrogen-bond donors (Lipinski definition) is 3. The number of rotatable bonds is 7. The number of hydrogen-bond acceptors (Lipinski definition) is 4. The van der Waals surface area contributed by atoms with Crippen LogP contribution in [0.25, 0.3) is 0 Å². The van der Waals surface area contributed by atoms with Gasteiger partial charge >= 0.3 is 0 Å². The third-order valence-electron chi connectivity index (χ3n) is 8.65. The molecule has 5 heteroatoms. The van der Waals surface area contributed by atoms with Gasteiger partial charge in [0.1, 0.15) is 12.5 Å². The molecule has 0 aromatic rings. The predicted molar refractivity (Wildman–Crippen MR) is 119 cm³/mol. The summed E-state index contributed by atoms with van der Waals surface area (Å²) in [6.45, 7) is 6.72. The highest BCUT2D eigenvalue weighted by Crippen LogP contribution is 2.46. The van der Waals surface area contributed by atoms with Gasteiger partial charge in [0.2, 0.25) is 0 Å². The SMILES string of the molecule is CC1(C)CN(C(O)[C@H](NC(O)C2CCCC2)C2CC2)CCC1C1CCC(Cl)CC1. The van der Waals surface area contributed by atoms with Crippen molar-refractivity contribution in [2.24, 2.45) is 29.1 Å². The molecule has 4 atom stereocenters. The van der Waals surface area contributed by atoms with Crippen LogP contribution >= 0.6 is 11.6 Å². The summed E-state index contributed by atoms with van der Waals surface area (Å²) in [5.41, 5.74) is 0.210. The molecule has 0 spiro atoms. The van der Waals surface area contributed by atoms with Crippen LogP contribution in [0, 0.1) is 29.1 Å². The quantitative estimate of drug-likeness (QED) is 0.419. The number of nitrogens with zero attached hydrogens (tertiary/aromatic N) is 1. The van der Waals surface area contributed by atoms with Crippen molar-refractivity contribution in [2.75, 3.05) is 13.1 Å². The largest absolute Gasteiger partial charge is 0.378 e. The molecule has 1 aliphatic heterocycles. The van der Waals surface area contributed by atoms with E-state index in [1.807, 2.05) is 0 Å². The summed E-state index contributed by atoms with van der Waals surface area (Å²) < 4.78 is 0. The van der Waals surface area contributed by atoms with Gasteiger partial charge in [-0.1, -0.05) is 26.7 Å². The Morgan fingerprint density at radius 3 is 2.14 bits per heavy atom. The molecule has 3 saturated carbocycles. The number of aliphatic hydroxyl groups excluding tert-OH is 2. The van der Waals surface area contributed by atoms with Gasteiger partial charge in [0.25, 0.3) is 0 Å². The van der Waals surface area contributed by atoms with E-state index in [9.17, 15) is 10.2 Å². The zero-order chi connectivity index (χ0) is 20.6. The zero-order valence-corrected chi connectivity index (χ0v) is 19.3. The third-order valence-corrected chi connectivity index (χ3v) is 9.08. The lowest BCUT2D eigenvalue weighted by molar-refractivity contribution is -0.100. The monoisotopic (exact) mass is 426 g/mol. The molecule has 0 aromatic carbocycles. The summed E-state index contributed by atoms with van der Waals surface area (Å²) in [5.74, 6) is 2.40. The van der Waals surface area contributed by atoms with Gasteiger partial charge in [-0.15, -0.1) is 11.6 Å². The number of nitrogens with one attached hydrogen (secondary N) is 1. The molecule has 29 heavy (non-hydrogen) atoms. The Balaban J connectivity index is 1.36. The van der Waals surface area contributed by atoms with Crippen molar-refractivity contribution in [3.05, 3.63) is 0 Å². The summed E-state index contributed by atoms with van der Waals surface area (Å²) in [6, 6.07) is 0.00429. The zero-order valence-electron chi connectivity index (χ0n) is 18.5. The number of piperidine rings is 1. The van der Waals surface area contributed by atoms with Crippen LogP contribution in [0.5, 0.6) is 0 Å². The molecule has 3 unspecified atom stereocenters. The minimum absolute atomic E-state index is 0.00429. The smallest absolute Gasteiger partial charge is 0.123 e. The molecule has 0 amide bonds. The van der Waals surface area contributed by atoms with E-state index in [0.29, 0.717) is 17.2 Å². The second-order valence-corrected chi connectivity index (χ2v) is 11.9. The molecule has 3 aliphatic carbocycles. The summed E-state index contributed by atoms with van der Waals surface area (Å²) in [5, 5.41) is 25.9. The van der Waals surface area contributed by atoms with Crippen LogP contribution in [-0.4, -0.2) is 52.1 Å². The minimum Gasteiger partial charge on any atom is -0.378 e. The van der Waals surface area contributed by atoms with E-state index in [2.05, 4.69) is 24.1 Å². The van der Waals surface area contributed by atoms with Crippen molar-refractivity contribution in [1.82, 2.24) is 10.2 Å². The second kappa shape index (κ2) is 9.32. The lowest BCUT2D eigenvalue weighted by atomic mass is 9.64. The molecule has 3 N–H and O–H groups in total. The summed E-state index contributed by atoms with van der Waals surface area (Å²) in [7, 11) is 0. The Kier molecular flexibility index (Phi) is 7.18. The van der Waals surface area contributed by atoms with Gasteiger partial charge in [-0.05, 0) is 86.9 Å². The van der Waals surface area contributed by atoms with Crippen molar-refractivity contribution in [1.29, 1.82) is 0 Å². The van der Waals surface area contributed by atoms with Crippen LogP contribution in [0.3, 0.4) is 0 Å². The van der Waals surface area contributed by atoms with E-state index in [1.54, 1.807) is 0 Å². The van der Waals surface area contributed by atoms with Crippen molar-refractivity contribution in [2.45, 2.75) is 108 Å². The van der Waals surface area contributed by atoms with Crippen LogP contribution in [0.2, 0.25) is 0 Å². The first kappa shape index (κ1) is 22.3. The first-order valence-corrected chi connectivity index (χ1v) is 12.8. The molecule has 0 bridgehead atoms. The molecular formula is C24H43ClN2O2. The molecule has 0 aromatic heterocycles. The van der Waals surface area contributed by atoms with Crippen molar-refractivity contribution < 1.29 is 10.2 Å². The Morgan fingerprint density at radius 1 is 0.897 bits per heavy atom. The molecule has 168 valence electrons. The van der Waals surface area contributed by atoms with Crippen LogP contribution in [0.1, 0.15) is 84.5 Å². The van der Waals surface area contributed by atoms with Crippen molar-refractivity contribution in [3.63, 3.8) is 0 Å². The van der Waals surface area contributed by atoms with E-state index in [-0.39, 0.29) is 11.5 Å². The third kappa shape index (κ3) is 5.31. The van der Waals surface area contributed by atoms with Gasteiger partial charge in [0, 0.05) is 18.5 Å². The lowest BCUT2D eigenvalue weighted by Gasteiger charge is -2.51. The highest BCUT2D eigenvalue weighted by molar-refractivity contribution is 6.20. The van der Waals surface area contributed by atoms with E-state index >= 15 is 0 Å². The maximum Gasteiger partial charge on any atom is 0.123 e. The molecule has 4 aliphatic rings. The summed E-state index contributed by atoms with van der Waals surface area (Å²) in [6.07, 6.45) is 12.1. The molecule has 4 nitrogen and oxygen atoms in total. The number of alkyl halides is 1. The van der Waals surface area contributed by atoms with Crippen LogP contribution in [0.15, 0.2) is 0 Å². The fraction of sp³-hybridized carbons (Fsp3) is 1.00. The molecular weight excluding hydrogens is 384 g/mol. The Labute approximate surface area is 182 Å². The maximum absolute atomic E-state index is 11.3.